The van der Waals surface area contributed by atoms with Gasteiger partial charge in [0.05, 0.1) is 5.75 Å². The van der Waals surface area contributed by atoms with Crippen molar-refractivity contribution < 1.29 is 9.90 Å². The molecule has 0 unspecified atom stereocenters. The summed E-state index contributed by atoms with van der Waals surface area (Å²) in [6.45, 7) is 4.31. The molecule has 1 fully saturated rings. The number of hydrogen-bond acceptors (Lipinski definition) is 3. The maximum Gasteiger partial charge on any atom is 0.313 e. The largest absolute Gasteiger partial charge is 0.481 e. The molecule has 1 rings (SSSR count). The highest BCUT2D eigenvalue weighted by Gasteiger charge is 2.26. The number of hydrogen-bond donors (Lipinski definition) is 1. The molecule has 1 aliphatic rings. The molecule has 1 saturated heterocycles. The summed E-state index contributed by atoms with van der Waals surface area (Å²) in [6.07, 6.45) is 3.54. The minimum atomic E-state index is -0.806. The molecule has 0 radical (unpaired) electrons. The summed E-state index contributed by atoms with van der Waals surface area (Å²) >= 11 is 6.53. The molecule has 1 heterocycles. The molecule has 0 aromatic heterocycles. The van der Waals surface area contributed by atoms with E-state index >= 15 is 0 Å². The van der Waals surface area contributed by atoms with Gasteiger partial charge in [0, 0.05) is 12.1 Å². The van der Waals surface area contributed by atoms with Crippen molar-refractivity contribution >= 4 is 34.3 Å². The molecule has 15 heavy (non-hydrogen) atoms. The molecule has 0 amide bonds. The van der Waals surface area contributed by atoms with E-state index in [1.54, 1.807) is 0 Å². The van der Waals surface area contributed by atoms with E-state index in [0.29, 0.717) is 12.1 Å². The van der Waals surface area contributed by atoms with Crippen molar-refractivity contribution in [1.29, 1.82) is 0 Å². The molecule has 3 nitrogen and oxygen atoms in total. The van der Waals surface area contributed by atoms with Crippen molar-refractivity contribution in [2.75, 3.05) is 5.75 Å². The quantitative estimate of drug-likeness (QED) is 0.759. The van der Waals surface area contributed by atoms with Gasteiger partial charge in [0.15, 0.2) is 0 Å². The fraction of sp³-hybridized carbons (Fsp3) is 0.800. The van der Waals surface area contributed by atoms with Crippen LogP contribution < -0.4 is 0 Å². The van der Waals surface area contributed by atoms with Gasteiger partial charge in [-0.15, -0.1) is 0 Å². The van der Waals surface area contributed by atoms with E-state index in [4.69, 9.17) is 17.3 Å². The third-order valence-electron chi connectivity index (χ3n) is 2.72. The van der Waals surface area contributed by atoms with Crippen LogP contribution in [0.25, 0.3) is 0 Å². The highest BCUT2D eigenvalue weighted by atomic mass is 32.2. The number of carboxylic acids is 1. The first-order valence-electron chi connectivity index (χ1n) is 5.19. The van der Waals surface area contributed by atoms with E-state index in [0.717, 1.165) is 17.2 Å². The molecule has 0 aromatic carbocycles. The molecular weight excluding hydrogens is 230 g/mol. The second-order valence-electron chi connectivity index (χ2n) is 3.98. The Hall–Kier alpha value is -0.290. The highest BCUT2D eigenvalue weighted by molar-refractivity contribution is 8.23. The van der Waals surface area contributed by atoms with Crippen molar-refractivity contribution in [3.63, 3.8) is 0 Å². The first-order chi connectivity index (χ1) is 7.02. The lowest BCUT2D eigenvalue weighted by molar-refractivity contribution is -0.133. The predicted molar refractivity (Wildman–Crippen MR) is 67.3 cm³/mol. The topological polar surface area (TPSA) is 40.5 Å². The van der Waals surface area contributed by atoms with E-state index in [2.05, 4.69) is 18.7 Å². The number of nitrogens with zero attached hydrogens (tertiary/aromatic N) is 1. The minimum Gasteiger partial charge on any atom is -0.481 e. The molecule has 0 aliphatic carbocycles. The lowest BCUT2D eigenvalue weighted by Gasteiger charge is -2.40. The molecule has 0 saturated carbocycles. The van der Waals surface area contributed by atoms with E-state index < -0.39 is 5.97 Å². The van der Waals surface area contributed by atoms with Gasteiger partial charge in [-0.2, -0.15) is 0 Å². The Morgan fingerprint density at radius 3 is 2.47 bits per heavy atom. The van der Waals surface area contributed by atoms with Crippen LogP contribution in [0.15, 0.2) is 0 Å². The van der Waals surface area contributed by atoms with Crippen molar-refractivity contribution in [2.45, 2.75) is 45.2 Å². The molecule has 0 bridgehead atoms. The molecular formula is C10H17NO2S2. The summed E-state index contributed by atoms with van der Waals surface area (Å²) in [4.78, 5) is 12.6. The van der Waals surface area contributed by atoms with Crippen molar-refractivity contribution in [3.05, 3.63) is 0 Å². The van der Waals surface area contributed by atoms with Gasteiger partial charge in [0.1, 0.15) is 4.32 Å². The van der Waals surface area contributed by atoms with E-state index in [9.17, 15) is 4.79 Å². The first kappa shape index (κ1) is 12.8. The summed E-state index contributed by atoms with van der Waals surface area (Å²) in [5.74, 6) is -0.742. The predicted octanol–water partition coefficient (Wildman–Crippen LogP) is 2.35. The van der Waals surface area contributed by atoms with Crippen LogP contribution in [0.4, 0.5) is 0 Å². The fourth-order valence-corrected chi connectivity index (χ4v) is 3.27. The number of aliphatic carboxylic acids is 1. The van der Waals surface area contributed by atoms with Gasteiger partial charge in [0.2, 0.25) is 0 Å². The number of piperidine rings is 1. The fourth-order valence-electron chi connectivity index (χ4n) is 1.98. The molecule has 0 spiro atoms. The average Bonchev–Trinajstić information content (AvgIpc) is 2.14. The Morgan fingerprint density at radius 2 is 2.00 bits per heavy atom. The van der Waals surface area contributed by atoms with E-state index in [1.807, 2.05) is 0 Å². The number of carboxylic acid groups (broad SMARTS) is 1. The molecule has 1 N–H and O–H groups in total. The van der Waals surface area contributed by atoms with Crippen LogP contribution in [-0.2, 0) is 4.79 Å². The van der Waals surface area contributed by atoms with Crippen LogP contribution in [-0.4, -0.2) is 38.1 Å². The Balaban J connectivity index is 2.51. The maximum atomic E-state index is 10.5. The summed E-state index contributed by atoms with van der Waals surface area (Å²) in [7, 11) is 0. The second kappa shape index (κ2) is 5.70. The first-order valence-corrected chi connectivity index (χ1v) is 6.58. The smallest absolute Gasteiger partial charge is 0.313 e. The minimum absolute atomic E-state index is 0.0643. The van der Waals surface area contributed by atoms with Gasteiger partial charge in [0.25, 0.3) is 0 Å². The third-order valence-corrected chi connectivity index (χ3v) is 4.14. The van der Waals surface area contributed by atoms with Crippen LogP contribution >= 0.6 is 24.0 Å². The van der Waals surface area contributed by atoms with E-state index in [-0.39, 0.29) is 5.75 Å². The summed E-state index contributed by atoms with van der Waals surface area (Å²) in [6, 6.07) is 0.894. The van der Waals surface area contributed by atoms with Gasteiger partial charge >= 0.3 is 5.97 Å². The summed E-state index contributed by atoms with van der Waals surface area (Å²) in [5, 5.41) is 8.59. The molecule has 5 heteroatoms. The Labute approximate surface area is 100 Å². The number of thioether (sulfide) groups is 1. The second-order valence-corrected chi connectivity index (χ2v) is 5.59. The molecule has 86 valence electrons. The van der Waals surface area contributed by atoms with Crippen LogP contribution in [0.1, 0.15) is 33.1 Å². The Morgan fingerprint density at radius 1 is 1.47 bits per heavy atom. The monoisotopic (exact) mass is 247 g/mol. The SMILES string of the molecule is C[C@H]1CCC[C@H](C)N1C(=S)SCC(=O)O. The Kier molecular flexibility index (Phi) is 4.86. The Bertz CT molecular complexity index is 248. The number of carbonyl (C=O) groups is 1. The van der Waals surface area contributed by atoms with Crippen LogP contribution in [0, 0.1) is 0 Å². The lowest BCUT2D eigenvalue weighted by Crippen LogP contribution is -2.45. The van der Waals surface area contributed by atoms with Crippen LogP contribution in [0.5, 0.6) is 0 Å². The van der Waals surface area contributed by atoms with Gasteiger partial charge in [-0.3, -0.25) is 4.79 Å². The normalized spacial score (nSPS) is 26.4. The molecule has 1 aliphatic heterocycles. The number of rotatable bonds is 2. The average molecular weight is 247 g/mol. The zero-order valence-corrected chi connectivity index (χ0v) is 10.7. The van der Waals surface area contributed by atoms with Gasteiger partial charge < -0.3 is 10.0 Å². The lowest BCUT2D eigenvalue weighted by atomic mass is 9.99. The van der Waals surface area contributed by atoms with Gasteiger partial charge in [-0.05, 0) is 33.1 Å². The van der Waals surface area contributed by atoms with Gasteiger partial charge in [-0.1, -0.05) is 24.0 Å². The van der Waals surface area contributed by atoms with Gasteiger partial charge in [-0.25, -0.2) is 0 Å². The van der Waals surface area contributed by atoms with Crippen molar-refractivity contribution in [3.8, 4) is 0 Å². The number of likely N-dealkylation sites (tertiary alicyclic amines) is 1. The zero-order chi connectivity index (χ0) is 11.4. The zero-order valence-electron chi connectivity index (χ0n) is 9.10. The highest BCUT2D eigenvalue weighted by Crippen LogP contribution is 2.26. The maximum absolute atomic E-state index is 10.5. The van der Waals surface area contributed by atoms with Crippen LogP contribution in [0.2, 0.25) is 0 Å². The van der Waals surface area contributed by atoms with Crippen molar-refractivity contribution in [1.82, 2.24) is 4.90 Å². The third kappa shape index (κ3) is 3.65. The standard InChI is InChI=1S/C10H17NO2S2/c1-7-4-3-5-8(2)11(7)10(14)15-6-9(12)13/h7-8H,3-6H2,1-2H3,(H,12,13)/t7-,8-/m0/s1. The molecule has 2 atom stereocenters. The number of thiocarbonyl (C=S) groups is 1. The van der Waals surface area contributed by atoms with Crippen LogP contribution in [0.3, 0.4) is 0 Å². The van der Waals surface area contributed by atoms with Crippen molar-refractivity contribution in [2.24, 2.45) is 0 Å². The summed E-state index contributed by atoms with van der Waals surface area (Å²) in [5.41, 5.74) is 0. The molecule has 0 aromatic rings. The summed E-state index contributed by atoms with van der Waals surface area (Å²) < 4.78 is 0.733. The van der Waals surface area contributed by atoms with E-state index in [1.165, 1.54) is 18.2 Å².